The Morgan fingerprint density at radius 2 is 1.73 bits per heavy atom. The molecule has 8 heteroatoms. The monoisotopic (exact) mass is 470 g/mol. The summed E-state index contributed by atoms with van der Waals surface area (Å²) in [5.41, 5.74) is 1.24. The molecule has 2 saturated heterocycles. The molecule has 2 aromatic rings. The number of rotatable bonds is 7. The van der Waals surface area contributed by atoms with Crippen molar-refractivity contribution in [1.29, 1.82) is 0 Å². The van der Waals surface area contributed by atoms with Gasteiger partial charge in [0.15, 0.2) is 0 Å². The third-order valence-electron chi connectivity index (χ3n) is 5.93. The SMILES string of the molecule is CCOc1ccc(C2/C(=C(/O)c3ccc(Cl)cc3)C(=O)C(=O)N2CCN2CCOCC2)cc1. The highest BCUT2D eigenvalue weighted by molar-refractivity contribution is 6.46. The van der Waals surface area contributed by atoms with E-state index in [9.17, 15) is 14.7 Å². The molecule has 2 aliphatic heterocycles. The van der Waals surface area contributed by atoms with Crippen LogP contribution in [-0.4, -0.2) is 72.6 Å². The molecular formula is C25H27ClN2O5. The van der Waals surface area contributed by atoms with Gasteiger partial charge in [-0.05, 0) is 48.9 Å². The van der Waals surface area contributed by atoms with Crippen molar-refractivity contribution in [1.82, 2.24) is 9.80 Å². The molecule has 0 radical (unpaired) electrons. The standard InChI is InChI=1S/C25H27ClN2O5/c1-2-33-20-9-5-17(6-10-20)22-21(23(29)18-3-7-19(26)8-4-18)24(30)25(31)28(22)12-11-27-13-15-32-16-14-27/h3-10,22,29H,2,11-16H2,1H3/b23-21-. The number of likely N-dealkylation sites (tertiary alicyclic amines) is 1. The largest absolute Gasteiger partial charge is 0.507 e. The Labute approximate surface area is 198 Å². The second kappa shape index (κ2) is 10.4. The van der Waals surface area contributed by atoms with Crippen molar-refractivity contribution in [2.24, 2.45) is 0 Å². The zero-order valence-electron chi connectivity index (χ0n) is 18.5. The van der Waals surface area contributed by atoms with Crippen molar-refractivity contribution in [3.05, 3.63) is 70.3 Å². The molecule has 0 aromatic heterocycles. The van der Waals surface area contributed by atoms with E-state index in [1.54, 1.807) is 29.2 Å². The van der Waals surface area contributed by atoms with E-state index in [0.29, 0.717) is 49.2 Å². The van der Waals surface area contributed by atoms with Crippen LogP contribution in [0.25, 0.3) is 5.76 Å². The summed E-state index contributed by atoms with van der Waals surface area (Å²) in [5, 5.41) is 11.6. The lowest BCUT2D eigenvalue weighted by Gasteiger charge is -2.31. The van der Waals surface area contributed by atoms with Gasteiger partial charge < -0.3 is 19.5 Å². The number of amides is 1. The summed E-state index contributed by atoms with van der Waals surface area (Å²) in [6.07, 6.45) is 0. The van der Waals surface area contributed by atoms with Crippen molar-refractivity contribution in [3.8, 4) is 5.75 Å². The molecule has 33 heavy (non-hydrogen) atoms. The van der Waals surface area contributed by atoms with E-state index in [0.717, 1.165) is 18.7 Å². The number of benzene rings is 2. The van der Waals surface area contributed by atoms with Gasteiger partial charge in [0.25, 0.3) is 11.7 Å². The Bertz CT molecular complexity index is 1030. The number of aliphatic hydroxyl groups is 1. The molecular weight excluding hydrogens is 444 g/mol. The summed E-state index contributed by atoms with van der Waals surface area (Å²) in [5.74, 6) is -0.817. The van der Waals surface area contributed by atoms with E-state index in [2.05, 4.69) is 4.90 Å². The first-order chi connectivity index (χ1) is 16.0. The van der Waals surface area contributed by atoms with Crippen LogP contribution in [0.3, 0.4) is 0 Å². The number of hydrogen-bond acceptors (Lipinski definition) is 6. The molecule has 1 N–H and O–H groups in total. The van der Waals surface area contributed by atoms with Gasteiger partial charge in [-0.1, -0.05) is 23.7 Å². The minimum absolute atomic E-state index is 0.0773. The molecule has 1 atom stereocenters. The molecule has 4 rings (SSSR count). The van der Waals surface area contributed by atoms with Crippen LogP contribution in [0.15, 0.2) is 54.1 Å². The van der Waals surface area contributed by atoms with Gasteiger partial charge in [0.2, 0.25) is 0 Å². The van der Waals surface area contributed by atoms with E-state index in [-0.39, 0.29) is 11.3 Å². The molecule has 0 spiro atoms. The minimum atomic E-state index is -0.697. The van der Waals surface area contributed by atoms with Crippen LogP contribution in [0.4, 0.5) is 0 Å². The fraction of sp³-hybridized carbons (Fsp3) is 0.360. The zero-order chi connectivity index (χ0) is 23.4. The maximum Gasteiger partial charge on any atom is 0.295 e. The lowest BCUT2D eigenvalue weighted by molar-refractivity contribution is -0.140. The summed E-state index contributed by atoms with van der Waals surface area (Å²) in [6, 6.07) is 13.1. The zero-order valence-corrected chi connectivity index (χ0v) is 19.3. The smallest absolute Gasteiger partial charge is 0.295 e. The fourth-order valence-electron chi connectivity index (χ4n) is 4.21. The number of Topliss-reactive ketones (excluding diaryl/α,β-unsaturated/α-hetero) is 1. The van der Waals surface area contributed by atoms with Crippen molar-refractivity contribution in [2.75, 3.05) is 46.0 Å². The highest BCUT2D eigenvalue weighted by Crippen LogP contribution is 2.39. The van der Waals surface area contributed by atoms with Crippen molar-refractivity contribution < 1.29 is 24.2 Å². The maximum absolute atomic E-state index is 13.1. The van der Waals surface area contributed by atoms with Gasteiger partial charge in [0.1, 0.15) is 11.5 Å². The second-order valence-corrected chi connectivity index (χ2v) is 8.39. The molecule has 7 nitrogen and oxygen atoms in total. The number of carbonyl (C=O) groups is 2. The maximum atomic E-state index is 13.1. The summed E-state index contributed by atoms with van der Waals surface area (Å²) in [4.78, 5) is 29.9. The van der Waals surface area contributed by atoms with Crippen LogP contribution >= 0.6 is 11.6 Å². The molecule has 174 valence electrons. The third kappa shape index (κ3) is 5.05. The Hall–Kier alpha value is -2.87. The number of nitrogens with zero attached hydrogens (tertiary/aromatic N) is 2. The first kappa shape index (κ1) is 23.3. The van der Waals surface area contributed by atoms with Gasteiger partial charge in [-0.15, -0.1) is 0 Å². The van der Waals surface area contributed by atoms with Crippen molar-refractivity contribution in [2.45, 2.75) is 13.0 Å². The highest BCUT2D eigenvalue weighted by Gasteiger charge is 2.46. The highest BCUT2D eigenvalue weighted by atomic mass is 35.5. The molecule has 2 aliphatic rings. The first-order valence-corrected chi connectivity index (χ1v) is 11.4. The molecule has 1 unspecified atom stereocenters. The van der Waals surface area contributed by atoms with E-state index >= 15 is 0 Å². The number of hydrogen-bond donors (Lipinski definition) is 1. The summed E-state index contributed by atoms with van der Waals surface area (Å²) < 4.78 is 10.9. The summed E-state index contributed by atoms with van der Waals surface area (Å²) in [6.45, 7) is 6.28. The predicted octanol–water partition coefficient (Wildman–Crippen LogP) is 3.49. The van der Waals surface area contributed by atoms with Gasteiger partial charge in [0, 0.05) is 36.8 Å². The van der Waals surface area contributed by atoms with Gasteiger partial charge >= 0.3 is 0 Å². The first-order valence-electron chi connectivity index (χ1n) is 11.1. The van der Waals surface area contributed by atoms with Crippen LogP contribution in [-0.2, 0) is 14.3 Å². The quantitative estimate of drug-likeness (QED) is 0.379. The second-order valence-electron chi connectivity index (χ2n) is 7.96. The molecule has 0 bridgehead atoms. The molecule has 2 heterocycles. The normalized spacial score (nSPS) is 20.9. The lowest BCUT2D eigenvalue weighted by atomic mass is 9.95. The molecule has 1 amide bonds. The van der Waals surface area contributed by atoms with Crippen LogP contribution in [0, 0.1) is 0 Å². The lowest BCUT2D eigenvalue weighted by Crippen LogP contribution is -2.42. The number of ketones is 1. The van der Waals surface area contributed by atoms with Crippen LogP contribution in [0.2, 0.25) is 5.02 Å². The van der Waals surface area contributed by atoms with Gasteiger partial charge in [-0.2, -0.15) is 0 Å². The number of ether oxygens (including phenoxy) is 2. The Kier molecular flexibility index (Phi) is 7.33. The Morgan fingerprint density at radius 3 is 2.36 bits per heavy atom. The van der Waals surface area contributed by atoms with Gasteiger partial charge in [-0.25, -0.2) is 0 Å². The van der Waals surface area contributed by atoms with Crippen LogP contribution in [0.1, 0.15) is 24.1 Å². The van der Waals surface area contributed by atoms with Crippen molar-refractivity contribution >= 4 is 29.1 Å². The van der Waals surface area contributed by atoms with Crippen LogP contribution < -0.4 is 4.74 Å². The van der Waals surface area contributed by atoms with Gasteiger partial charge in [-0.3, -0.25) is 14.5 Å². The third-order valence-corrected chi connectivity index (χ3v) is 6.18. The Morgan fingerprint density at radius 1 is 1.06 bits per heavy atom. The fourth-order valence-corrected chi connectivity index (χ4v) is 4.33. The average molecular weight is 471 g/mol. The van der Waals surface area contributed by atoms with Crippen LogP contribution in [0.5, 0.6) is 5.75 Å². The van der Waals surface area contributed by atoms with E-state index < -0.39 is 17.7 Å². The molecule has 0 aliphatic carbocycles. The van der Waals surface area contributed by atoms with Crippen molar-refractivity contribution in [3.63, 3.8) is 0 Å². The topological polar surface area (TPSA) is 79.3 Å². The van der Waals surface area contributed by atoms with Gasteiger partial charge in [0.05, 0.1) is 31.4 Å². The Balaban J connectivity index is 1.71. The summed E-state index contributed by atoms with van der Waals surface area (Å²) in [7, 11) is 0. The number of carbonyl (C=O) groups excluding carboxylic acids is 2. The van der Waals surface area contributed by atoms with E-state index in [1.165, 1.54) is 0 Å². The average Bonchev–Trinajstić information content (AvgIpc) is 3.09. The minimum Gasteiger partial charge on any atom is -0.507 e. The predicted molar refractivity (Wildman–Crippen MR) is 125 cm³/mol. The van der Waals surface area contributed by atoms with E-state index in [4.69, 9.17) is 21.1 Å². The molecule has 2 aromatic carbocycles. The number of halogens is 1. The molecule has 2 fully saturated rings. The number of aliphatic hydroxyl groups excluding tert-OH is 1. The molecule has 0 saturated carbocycles. The number of morpholine rings is 1. The summed E-state index contributed by atoms with van der Waals surface area (Å²) >= 11 is 5.98. The van der Waals surface area contributed by atoms with E-state index in [1.807, 2.05) is 31.2 Å².